The first-order valence-corrected chi connectivity index (χ1v) is 5.13. The molecule has 0 bridgehead atoms. The van der Waals surface area contributed by atoms with Gasteiger partial charge in [-0.1, -0.05) is 17.2 Å². The van der Waals surface area contributed by atoms with Crippen molar-refractivity contribution in [3.8, 4) is 5.75 Å². The number of allylic oxidation sites excluding steroid dienone is 1. The van der Waals surface area contributed by atoms with Gasteiger partial charge in [0.05, 0.1) is 7.11 Å². The highest BCUT2D eigenvalue weighted by atomic mass is 35.5. The lowest BCUT2D eigenvalue weighted by molar-refractivity contribution is -0.131. The van der Waals surface area contributed by atoms with Gasteiger partial charge in [-0.15, -0.1) is 0 Å². The molecule has 0 fully saturated rings. The number of ether oxygens (including phenoxy) is 1. The minimum Gasteiger partial charge on any atom is -0.496 e. The molecule has 0 saturated heterocycles. The van der Waals surface area contributed by atoms with Crippen LogP contribution in [0.5, 0.6) is 5.75 Å². The van der Waals surface area contributed by atoms with Gasteiger partial charge in [0.2, 0.25) is 0 Å². The molecule has 0 aliphatic rings. The molecule has 0 unspecified atom stereocenters. The summed E-state index contributed by atoms with van der Waals surface area (Å²) < 4.78 is 5.17. The zero-order valence-electron chi connectivity index (χ0n) is 9.16. The minimum absolute atomic E-state index is 0.510. The number of aliphatic carboxylic acids is 1. The van der Waals surface area contributed by atoms with E-state index in [2.05, 4.69) is 0 Å². The summed E-state index contributed by atoms with van der Waals surface area (Å²) in [6, 6.07) is 5.28. The summed E-state index contributed by atoms with van der Waals surface area (Å²) in [6.07, 6.45) is 1.69. The average Bonchev–Trinajstić information content (AvgIpc) is 2.16. The Kier molecular flexibility index (Phi) is 4.38. The van der Waals surface area contributed by atoms with Gasteiger partial charge in [-0.05, 0) is 37.1 Å². The Labute approximate surface area is 99.3 Å². The summed E-state index contributed by atoms with van der Waals surface area (Å²) in [6.45, 7) is 1.76. The van der Waals surface area contributed by atoms with Crippen molar-refractivity contribution in [3.05, 3.63) is 40.4 Å². The standard InChI is InChI=1S/C12H13ClO3/c1-8(6-12(14)15)5-9-7-10(13)3-4-11(9)16-2/h3-4,6-7H,5H2,1-2H3,(H,14,15)/b8-6+. The van der Waals surface area contributed by atoms with Crippen LogP contribution in [-0.4, -0.2) is 18.2 Å². The molecule has 86 valence electrons. The molecule has 0 aromatic heterocycles. The van der Waals surface area contributed by atoms with Gasteiger partial charge in [0.15, 0.2) is 0 Å². The van der Waals surface area contributed by atoms with Crippen molar-refractivity contribution < 1.29 is 14.6 Å². The molecule has 1 aromatic carbocycles. The summed E-state index contributed by atoms with van der Waals surface area (Å²) in [5.41, 5.74) is 1.62. The Hall–Kier alpha value is -1.48. The maximum absolute atomic E-state index is 10.5. The second kappa shape index (κ2) is 5.56. The van der Waals surface area contributed by atoms with Gasteiger partial charge < -0.3 is 9.84 Å². The van der Waals surface area contributed by atoms with E-state index in [1.165, 1.54) is 6.08 Å². The van der Waals surface area contributed by atoms with Gasteiger partial charge in [0.25, 0.3) is 0 Å². The predicted molar refractivity (Wildman–Crippen MR) is 63.1 cm³/mol. The van der Waals surface area contributed by atoms with Crippen LogP contribution in [0.1, 0.15) is 12.5 Å². The van der Waals surface area contributed by atoms with Gasteiger partial charge >= 0.3 is 5.97 Å². The molecular weight excluding hydrogens is 228 g/mol. The van der Waals surface area contributed by atoms with E-state index in [9.17, 15) is 4.79 Å². The van der Waals surface area contributed by atoms with Crippen LogP contribution in [0.25, 0.3) is 0 Å². The fraction of sp³-hybridized carbons (Fsp3) is 0.250. The first-order chi connectivity index (χ1) is 7.52. The third-order valence-electron chi connectivity index (χ3n) is 2.08. The van der Waals surface area contributed by atoms with Crippen molar-refractivity contribution in [2.75, 3.05) is 7.11 Å². The number of hydrogen-bond acceptors (Lipinski definition) is 2. The summed E-state index contributed by atoms with van der Waals surface area (Å²) in [5, 5.41) is 9.22. The monoisotopic (exact) mass is 240 g/mol. The lowest BCUT2D eigenvalue weighted by atomic mass is 10.1. The van der Waals surface area contributed by atoms with Crippen LogP contribution < -0.4 is 4.74 Å². The molecule has 4 heteroatoms. The predicted octanol–water partition coefficient (Wildman–Crippen LogP) is 2.92. The van der Waals surface area contributed by atoms with E-state index in [1.54, 1.807) is 32.2 Å². The number of halogens is 1. The fourth-order valence-electron chi connectivity index (χ4n) is 1.45. The SMILES string of the molecule is COc1ccc(Cl)cc1C/C(C)=C/C(=O)O. The smallest absolute Gasteiger partial charge is 0.328 e. The first-order valence-electron chi connectivity index (χ1n) is 4.75. The fourth-order valence-corrected chi connectivity index (χ4v) is 1.64. The van der Waals surface area contributed by atoms with Crippen molar-refractivity contribution in [1.82, 2.24) is 0 Å². The van der Waals surface area contributed by atoms with Crippen LogP contribution in [-0.2, 0) is 11.2 Å². The zero-order valence-corrected chi connectivity index (χ0v) is 9.91. The van der Waals surface area contributed by atoms with E-state index in [0.717, 1.165) is 11.1 Å². The van der Waals surface area contributed by atoms with Gasteiger partial charge in [-0.2, -0.15) is 0 Å². The number of hydrogen-bond donors (Lipinski definition) is 1. The Morgan fingerprint density at radius 2 is 2.25 bits per heavy atom. The Bertz CT molecular complexity index is 424. The molecule has 0 spiro atoms. The molecule has 1 N–H and O–H groups in total. The molecule has 3 nitrogen and oxygen atoms in total. The van der Waals surface area contributed by atoms with Crippen LogP contribution in [0.3, 0.4) is 0 Å². The van der Waals surface area contributed by atoms with Crippen LogP contribution >= 0.6 is 11.6 Å². The molecule has 0 saturated carbocycles. The van der Waals surface area contributed by atoms with Gasteiger partial charge in [0, 0.05) is 11.1 Å². The summed E-state index contributed by atoms with van der Waals surface area (Å²) in [7, 11) is 1.57. The first kappa shape index (κ1) is 12.6. The Morgan fingerprint density at radius 1 is 1.56 bits per heavy atom. The molecule has 1 aromatic rings. The topological polar surface area (TPSA) is 46.5 Å². The maximum atomic E-state index is 10.5. The quantitative estimate of drug-likeness (QED) is 0.824. The van der Waals surface area contributed by atoms with Crippen LogP contribution in [0, 0.1) is 0 Å². The van der Waals surface area contributed by atoms with E-state index in [0.29, 0.717) is 17.2 Å². The largest absolute Gasteiger partial charge is 0.496 e. The highest BCUT2D eigenvalue weighted by molar-refractivity contribution is 6.30. The van der Waals surface area contributed by atoms with E-state index < -0.39 is 5.97 Å². The molecule has 0 aliphatic carbocycles. The van der Waals surface area contributed by atoms with Gasteiger partial charge in [0.1, 0.15) is 5.75 Å². The second-order valence-electron chi connectivity index (χ2n) is 3.46. The highest BCUT2D eigenvalue weighted by Crippen LogP contribution is 2.24. The van der Waals surface area contributed by atoms with E-state index in [1.807, 2.05) is 0 Å². The van der Waals surface area contributed by atoms with E-state index >= 15 is 0 Å². The molecule has 0 radical (unpaired) electrons. The molecule has 0 amide bonds. The molecule has 0 aliphatic heterocycles. The molecular formula is C12H13ClO3. The lowest BCUT2D eigenvalue weighted by Crippen LogP contribution is -1.96. The van der Waals surface area contributed by atoms with Gasteiger partial charge in [-0.3, -0.25) is 0 Å². The number of methoxy groups -OCH3 is 1. The lowest BCUT2D eigenvalue weighted by Gasteiger charge is -2.08. The number of carbonyl (C=O) groups is 1. The van der Waals surface area contributed by atoms with Crippen molar-refractivity contribution in [2.24, 2.45) is 0 Å². The van der Waals surface area contributed by atoms with Gasteiger partial charge in [-0.25, -0.2) is 4.79 Å². The number of rotatable bonds is 4. The van der Waals surface area contributed by atoms with Crippen LogP contribution in [0.15, 0.2) is 29.8 Å². The normalized spacial score (nSPS) is 11.3. The number of carboxylic acids is 1. The number of benzene rings is 1. The molecule has 1 rings (SSSR count). The van der Waals surface area contributed by atoms with E-state index in [-0.39, 0.29) is 0 Å². The Balaban J connectivity index is 2.95. The van der Waals surface area contributed by atoms with E-state index in [4.69, 9.17) is 21.4 Å². The third-order valence-corrected chi connectivity index (χ3v) is 2.32. The van der Waals surface area contributed by atoms with Crippen molar-refractivity contribution in [3.63, 3.8) is 0 Å². The highest BCUT2D eigenvalue weighted by Gasteiger charge is 2.05. The zero-order chi connectivity index (χ0) is 12.1. The molecule has 0 atom stereocenters. The molecule has 16 heavy (non-hydrogen) atoms. The average molecular weight is 241 g/mol. The maximum Gasteiger partial charge on any atom is 0.328 e. The van der Waals surface area contributed by atoms with Crippen LogP contribution in [0.2, 0.25) is 5.02 Å². The van der Waals surface area contributed by atoms with Crippen molar-refractivity contribution >= 4 is 17.6 Å². The Morgan fingerprint density at radius 3 is 2.81 bits per heavy atom. The van der Waals surface area contributed by atoms with Crippen molar-refractivity contribution in [1.29, 1.82) is 0 Å². The second-order valence-corrected chi connectivity index (χ2v) is 3.90. The third kappa shape index (κ3) is 3.59. The summed E-state index contributed by atoms with van der Waals surface area (Å²) >= 11 is 5.87. The molecule has 0 heterocycles. The van der Waals surface area contributed by atoms with Crippen molar-refractivity contribution in [2.45, 2.75) is 13.3 Å². The summed E-state index contributed by atoms with van der Waals surface area (Å²) in [4.78, 5) is 10.5. The van der Waals surface area contributed by atoms with Crippen LogP contribution in [0.4, 0.5) is 0 Å². The number of carboxylic acid groups (broad SMARTS) is 1. The minimum atomic E-state index is -0.946. The summed E-state index contributed by atoms with van der Waals surface area (Å²) in [5.74, 6) is -0.235.